The van der Waals surface area contributed by atoms with Crippen molar-refractivity contribution >= 4 is 17.2 Å². The number of carbonyl (C=O) groups excluding carboxylic acids is 1. The van der Waals surface area contributed by atoms with E-state index in [2.05, 4.69) is 10.00 Å². The number of esters is 1. The molecule has 0 unspecified atom stereocenters. The third-order valence-corrected chi connectivity index (χ3v) is 3.36. The molecule has 2 aromatic rings. The van der Waals surface area contributed by atoms with Crippen LogP contribution in [0.4, 0.5) is 5.69 Å². The maximum atomic E-state index is 12.1. The lowest BCUT2D eigenvalue weighted by Crippen LogP contribution is -2.37. The average molecular weight is 275 g/mol. The molecule has 1 fully saturated rings. The van der Waals surface area contributed by atoms with Gasteiger partial charge >= 0.3 is 5.97 Å². The highest BCUT2D eigenvalue weighted by Crippen LogP contribution is 2.27. The second kappa shape index (κ2) is 5.50. The molecule has 0 N–H and O–H groups in total. The molecule has 0 saturated carbocycles. The standard InChI is InChI=1S/C14H17N3O3/c1-2-20-14(18)11-10-15-17-5-3-4-12(17)13(11)16-6-8-19-9-7-16/h3-5,10H,2,6-9H2,1H3. The number of aromatic nitrogens is 2. The molecule has 0 bridgehead atoms. The molecule has 0 aliphatic carbocycles. The van der Waals surface area contributed by atoms with E-state index in [1.54, 1.807) is 17.6 Å². The Morgan fingerprint density at radius 1 is 1.45 bits per heavy atom. The van der Waals surface area contributed by atoms with Gasteiger partial charge in [0.25, 0.3) is 0 Å². The van der Waals surface area contributed by atoms with Gasteiger partial charge in [-0.2, -0.15) is 5.10 Å². The van der Waals surface area contributed by atoms with Gasteiger partial charge in [0.2, 0.25) is 0 Å². The lowest BCUT2D eigenvalue weighted by Gasteiger charge is -2.30. The highest BCUT2D eigenvalue weighted by molar-refractivity contribution is 5.99. The molecular weight excluding hydrogens is 258 g/mol. The third-order valence-electron chi connectivity index (χ3n) is 3.36. The summed E-state index contributed by atoms with van der Waals surface area (Å²) >= 11 is 0. The van der Waals surface area contributed by atoms with Gasteiger partial charge in [0.1, 0.15) is 5.56 Å². The third kappa shape index (κ3) is 2.22. The van der Waals surface area contributed by atoms with Crippen LogP contribution in [0.1, 0.15) is 17.3 Å². The van der Waals surface area contributed by atoms with E-state index in [1.165, 1.54) is 0 Å². The van der Waals surface area contributed by atoms with Crippen LogP contribution in [0.5, 0.6) is 0 Å². The topological polar surface area (TPSA) is 56.1 Å². The maximum absolute atomic E-state index is 12.1. The number of carbonyl (C=O) groups is 1. The molecule has 1 saturated heterocycles. The zero-order chi connectivity index (χ0) is 13.9. The normalized spacial score (nSPS) is 15.6. The molecule has 1 aliphatic rings. The van der Waals surface area contributed by atoms with E-state index in [0.717, 1.165) is 24.3 Å². The number of rotatable bonds is 3. The molecule has 106 valence electrons. The quantitative estimate of drug-likeness (QED) is 0.791. The summed E-state index contributed by atoms with van der Waals surface area (Å²) in [5.74, 6) is -0.329. The fourth-order valence-electron chi connectivity index (χ4n) is 2.46. The van der Waals surface area contributed by atoms with Crippen LogP contribution in [0, 0.1) is 0 Å². The highest BCUT2D eigenvalue weighted by atomic mass is 16.5. The van der Waals surface area contributed by atoms with Gasteiger partial charge in [0, 0.05) is 19.3 Å². The Labute approximate surface area is 116 Å². The number of nitrogens with zero attached hydrogens (tertiary/aromatic N) is 3. The summed E-state index contributed by atoms with van der Waals surface area (Å²) in [5, 5.41) is 4.26. The molecule has 1 aliphatic heterocycles. The second-order valence-electron chi connectivity index (χ2n) is 4.56. The summed E-state index contributed by atoms with van der Waals surface area (Å²) in [6.45, 7) is 5.01. The Hall–Kier alpha value is -2.08. The molecule has 6 heteroatoms. The zero-order valence-corrected chi connectivity index (χ0v) is 11.4. The lowest BCUT2D eigenvalue weighted by molar-refractivity contribution is 0.0525. The minimum absolute atomic E-state index is 0.329. The smallest absolute Gasteiger partial charge is 0.341 e. The van der Waals surface area contributed by atoms with Crippen molar-refractivity contribution in [3.8, 4) is 0 Å². The van der Waals surface area contributed by atoms with Gasteiger partial charge in [0.05, 0.1) is 37.2 Å². The Morgan fingerprint density at radius 2 is 2.25 bits per heavy atom. The number of ether oxygens (including phenoxy) is 2. The van der Waals surface area contributed by atoms with E-state index in [-0.39, 0.29) is 5.97 Å². The summed E-state index contributed by atoms with van der Waals surface area (Å²) in [6, 6.07) is 3.88. The van der Waals surface area contributed by atoms with E-state index in [4.69, 9.17) is 9.47 Å². The molecule has 0 radical (unpaired) electrons. The predicted molar refractivity (Wildman–Crippen MR) is 74.2 cm³/mol. The lowest BCUT2D eigenvalue weighted by atomic mass is 10.2. The number of fused-ring (bicyclic) bond motifs is 1. The molecule has 0 aromatic carbocycles. The Morgan fingerprint density at radius 3 is 3.00 bits per heavy atom. The largest absolute Gasteiger partial charge is 0.462 e. The van der Waals surface area contributed by atoms with Crippen molar-refractivity contribution in [1.29, 1.82) is 0 Å². The Kier molecular flexibility index (Phi) is 3.56. The molecule has 0 spiro atoms. The molecule has 3 rings (SSSR count). The fourth-order valence-corrected chi connectivity index (χ4v) is 2.46. The van der Waals surface area contributed by atoms with Crippen molar-refractivity contribution < 1.29 is 14.3 Å². The second-order valence-corrected chi connectivity index (χ2v) is 4.56. The monoisotopic (exact) mass is 275 g/mol. The van der Waals surface area contributed by atoms with Gasteiger partial charge in [-0.25, -0.2) is 9.31 Å². The van der Waals surface area contributed by atoms with E-state index < -0.39 is 0 Å². The summed E-state index contributed by atoms with van der Waals surface area (Å²) < 4.78 is 12.3. The molecule has 0 amide bonds. The molecular formula is C14H17N3O3. The van der Waals surface area contributed by atoms with Crippen molar-refractivity contribution in [3.05, 3.63) is 30.1 Å². The molecule has 3 heterocycles. The SMILES string of the molecule is CCOC(=O)c1cnn2cccc2c1N1CCOCC1. The first-order valence-corrected chi connectivity index (χ1v) is 6.77. The van der Waals surface area contributed by atoms with E-state index in [0.29, 0.717) is 25.4 Å². The van der Waals surface area contributed by atoms with Crippen LogP contribution in [0.3, 0.4) is 0 Å². The maximum Gasteiger partial charge on any atom is 0.341 e. The Balaban J connectivity index is 2.10. The van der Waals surface area contributed by atoms with Crippen molar-refractivity contribution in [3.63, 3.8) is 0 Å². The molecule has 0 atom stereocenters. The van der Waals surface area contributed by atoms with Gasteiger partial charge in [-0.1, -0.05) is 0 Å². The fraction of sp³-hybridized carbons (Fsp3) is 0.429. The number of morpholine rings is 1. The van der Waals surface area contributed by atoms with Gasteiger partial charge in [-0.05, 0) is 19.1 Å². The van der Waals surface area contributed by atoms with Gasteiger partial charge in [-0.3, -0.25) is 0 Å². The van der Waals surface area contributed by atoms with Crippen LogP contribution in [0.2, 0.25) is 0 Å². The van der Waals surface area contributed by atoms with Crippen molar-refractivity contribution in [2.45, 2.75) is 6.92 Å². The van der Waals surface area contributed by atoms with Crippen molar-refractivity contribution in [1.82, 2.24) is 9.61 Å². The summed E-state index contributed by atoms with van der Waals surface area (Å²) in [7, 11) is 0. The van der Waals surface area contributed by atoms with E-state index in [9.17, 15) is 4.79 Å². The predicted octanol–water partition coefficient (Wildman–Crippen LogP) is 1.35. The Bertz CT molecular complexity index is 617. The van der Waals surface area contributed by atoms with Crippen LogP contribution in [0.25, 0.3) is 5.52 Å². The molecule has 2 aromatic heterocycles. The molecule has 20 heavy (non-hydrogen) atoms. The van der Waals surface area contributed by atoms with Crippen LogP contribution in [0.15, 0.2) is 24.5 Å². The summed E-state index contributed by atoms with van der Waals surface area (Å²) in [4.78, 5) is 14.3. The van der Waals surface area contributed by atoms with Gasteiger partial charge in [-0.15, -0.1) is 0 Å². The zero-order valence-electron chi connectivity index (χ0n) is 11.4. The van der Waals surface area contributed by atoms with Gasteiger partial charge in [0.15, 0.2) is 0 Å². The summed E-state index contributed by atoms with van der Waals surface area (Å²) in [5.41, 5.74) is 2.31. The van der Waals surface area contributed by atoms with Gasteiger partial charge < -0.3 is 14.4 Å². The van der Waals surface area contributed by atoms with Crippen LogP contribution >= 0.6 is 0 Å². The minimum Gasteiger partial charge on any atom is -0.462 e. The number of hydrogen-bond acceptors (Lipinski definition) is 5. The van der Waals surface area contributed by atoms with E-state index in [1.807, 2.05) is 18.3 Å². The first kappa shape index (κ1) is 12.9. The first-order valence-electron chi connectivity index (χ1n) is 6.77. The van der Waals surface area contributed by atoms with Crippen LogP contribution in [-0.2, 0) is 9.47 Å². The first-order chi connectivity index (χ1) is 9.81. The van der Waals surface area contributed by atoms with Crippen LogP contribution in [-0.4, -0.2) is 48.5 Å². The molecule has 6 nitrogen and oxygen atoms in total. The average Bonchev–Trinajstić information content (AvgIpc) is 2.95. The van der Waals surface area contributed by atoms with Crippen molar-refractivity contribution in [2.24, 2.45) is 0 Å². The summed E-state index contributed by atoms with van der Waals surface area (Å²) in [6.07, 6.45) is 3.45. The highest BCUT2D eigenvalue weighted by Gasteiger charge is 2.23. The van der Waals surface area contributed by atoms with Crippen LogP contribution < -0.4 is 4.90 Å². The number of anilines is 1. The number of hydrogen-bond donors (Lipinski definition) is 0. The minimum atomic E-state index is -0.329. The van der Waals surface area contributed by atoms with Crippen molar-refractivity contribution in [2.75, 3.05) is 37.8 Å². The van der Waals surface area contributed by atoms with E-state index >= 15 is 0 Å².